The summed E-state index contributed by atoms with van der Waals surface area (Å²) in [6.07, 6.45) is 0. The molecular weight excluding hydrogens is 442 g/mol. The standard InChI is InChI=1S/C24H21N3O3S2/c1-14-7-8-19(11-15(14)2)27-23(30)22-20(9-10-31-22)26-24(27)32-13-21(29)25-18-6-4-5-17(12-18)16(3)28/h4-12H,13H2,1-3H3,(H,25,29). The fourth-order valence-electron chi connectivity index (χ4n) is 3.22. The quantitative estimate of drug-likeness (QED) is 0.247. The molecule has 8 heteroatoms. The largest absolute Gasteiger partial charge is 0.325 e. The lowest BCUT2D eigenvalue weighted by Crippen LogP contribution is -2.22. The summed E-state index contributed by atoms with van der Waals surface area (Å²) in [7, 11) is 0. The number of anilines is 1. The second-order valence-electron chi connectivity index (χ2n) is 7.41. The van der Waals surface area contributed by atoms with Crippen molar-refractivity contribution >= 4 is 50.7 Å². The first-order valence-electron chi connectivity index (χ1n) is 9.95. The zero-order valence-electron chi connectivity index (χ0n) is 17.8. The van der Waals surface area contributed by atoms with Gasteiger partial charge >= 0.3 is 0 Å². The van der Waals surface area contributed by atoms with Crippen molar-refractivity contribution in [3.8, 4) is 5.69 Å². The van der Waals surface area contributed by atoms with Gasteiger partial charge in [0.2, 0.25) is 5.91 Å². The van der Waals surface area contributed by atoms with Crippen LogP contribution in [-0.4, -0.2) is 27.0 Å². The van der Waals surface area contributed by atoms with Crippen molar-refractivity contribution in [3.05, 3.63) is 81.0 Å². The van der Waals surface area contributed by atoms with Crippen LogP contribution < -0.4 is 10.9 Å². The van der Waals surface area contributed by atoms with Gasteiger partial charge in [0.05, 0.1) is 17.0 Å². The molecule has 2 aromatic carbocycles. The Balaban J connectivity index is 1.63. The molecular formula is C24H21N3O3S2. The number of fused-ring (bicyclic) bond motifs is 1. The van der Waals surface area contributed by atoms with Crippen molar-refractivity contribution in [2.45, 2.75) is 25.9 Å². The van der Waals surface area contributed by atoms with E-state index in [2.05, 4.69) is 10.3 Å². The Bertz CT molecular complexity index is 1410. The van der Waals surface area contributed by atoms with Crippen molar-refractivity contribution in [1.82, 2.24) is 9.55 Å². The van der Waals surface area contributed by atoms with Gasteiger partial charge in [-0.05, 0) is 67.6 Å². The fraction of sp³-hybridized carbons (Fsp3) is 0.167. The third kappa shape index (κ3) is 4.51. The van der Waals surface area contributed by atoms with Gasteiger partial charge in [-0.2, -0.15) is 0 Å². The summed E-state index contributed by atoms with van der Waals surface area (Å²) < 4.78 is 2.15. The summed E-state index contributed by atoms with van der Waals surface area (Å²) in [5, 5.41) is 5.10. The minimum Gasteiger partial charge on any atom is -0.325 e. The molecule has 0 fully saturated rings. The summed E-state index contributed by atoms with van der Waals surface area (Å²) >= 11 is 2.56. The number of aromatic nitrogens is 2. The maximum Gasteiger partial charge on any atom is 0.276 e. The molecule has 6 nitrogen and oxygen atoms in total. The van der Waals surface area contributed by atoms with Gasteiger partial charge in [0, 0.05) is 11.3 Å². The minimum atomic E-state index is -0.248. The van der Waals surface area contributed by atoms with Crippen molar-refractivity contribution in [1.29, 1.82) is 0 Å². The Morgan fingerprint density at radius 2 is 1.91 bits per heavy atom. The molecule has 0 atom stereocenters. The Kier molecular flexibility index (Phi) is 6.25. The van der Waals surface area contributed by atoms with E-state index >= 15 is 0 Å². The lowest BCUT2D eigenvalue weighted by Gasteiger charge is -2.13. The number of Topliss-reactive ketones (excluding diaryl/α,β-unsaturated/α-hetero) is 1. The van der Waals surface area contributed by atoms with Gasteiger partial charge in [-0.25, -0.2) is 4.98 Å². The van der Waals surface area contributed by atoms with E-state index in [-0.39, 0.29) is 23.0 Å². The molecule has 0 aliphatic carbocycles. The van der Waals surface area contributed by atoms with Crippen molar-refractivity contribution in [2.24, 2.45) is 0 Å². The van der Waals surface area contributed by atoms with Crippen LogP contribution in [0.5, 0.6) is 0 Å². The number of aryl methyl sites for hydroxylation is 2. The number of carbonyl (C=O) groups is 2. The van der Waals surface area contributed by atoms with Crippen LogP contribution in [0, 0.1) is 13.8 Å². The molecule has 0 aliphatic heterocycles. The maximum absolute atomic E-state index is 13.2. The summed E-state index contributed by atoms with van der Waals surface area (Å²) in [5.74, 6) is -0.250. The van der Waals surface area contributed by atoms with Crippen molar-refractivity contribution in [3.63, 3.8) is 0 Å². The Morgan fingerprint density at radius 3 is 2.66 bits per heavy atom. The van der Waals surface area contributed by atoms with Crippen LogP contribution >= 0.6 is 23.1 Å². The van der Waals surface area contributed by atoms with Crippen LogP contribution in [0.1, 0.15) is 28.4 Å². The van der Waals surface area contributed by atoms with Gasteiger partial charge in [-0.3, -0.25) is 19.0 Å². The van der Waals surface area contributed by atoms with E-state index in [0.29, 0.717) is 26.6 Å². The summed E-state index contributed by atoms with van der Waals surface area (Å²) in [6.45, 7) is 5.50. The van der Waals surface area contributed by atoms with Crippen LogP contribution in [0.15, 0.2) is 63.9 Å². The molecule has 4 aromatic rings. The van der Waals surface area contributed by atoms with E-state index in [4.69, 9.17) is 0 Å². The average Bonchev–Trinajstić information content (AvgIpc) is 3.24. The molecule has 1 N–H and O–H groups in total. The van der Waals surface area contributed by atoms with E-state index in [1.54, 1.807) is 28.8 Å². The normalized spacial score (nSPS) is 11.0. The van der Waals surface area contributed by atoms with Crippen LogP contribution in [0.2, 0.25) is 0 Å². The van der Waals surface area contributed by atoms with E-state index < -0.39 is 0 Å². The maximum atomic E-state index is 13.2. The summed E-state index contributed by atoms with van der Waals surface area (Å²) in [5.41, 5.74) is 4.48. The average molecular weight is 464 g/mol. The van der Waals surface area contributed by atoms with Crippen LogP contribution in [-0.2, 0) is 4.79 Å². The molecule has 32 heavy (non-hydrogen) atoms. The smallest absolute Gasteiger partial charge is 0.276 e. The fourth-order valence-corrected chi connectivity index (χ4v) is 4.80. The zero-order chi connectivity index (χ0) is 22.8. The zero-order valence-corrected chi connectivity index (χ0v) is 19.5. The van der Waals surface area contributed by atoms with E-state index in [1.807, 2.05) is 43.5 Å². The lowest BCUT2D eigenvalue weighted by atomic mass is 10.1. The molecule has 0 bridgehead atoms. The SMILES string of the molecule is CC(=O)c1cccc(NC(=O)CSc2nc3ccsc3c(=O)n2-c2ccc(C)c(C)c2)c1. The summed E-state index contributed by atoms with van der Waals surface area (Å²) in [4.78, 5) is 42.0. The topological polar surface area (TPSA) is 81.1 Å². The molecule has 1 amide bonds. The number of carbonyl (C=O) groups excluding carboxylic acids is 2. The van der Waals surface area contributed by atoms with Crippen LogP contribution in [0.25, 0.3) is 15.9 Å². The second kappa shape index (κ2) is 9.10. The molecule has 4 rings (SSSR count). The Labute approximate surface area is 193 Å². The van der Waals surface area contributed by atoms with E-state index in [1.165, 1.54) is 30.0 Å². The number of hydrogen-bond acceptors (Lipinski definition) is 6. The molecule has 2 aromatic heterocycles. The lowest BCUT2D eigenvalue weighted by molar-refractivity contribution is -0.113. The molecule has 0 aliphatic rings. The highest BCUT2D eigenvalue weighted by molar-refractivity contribution is 7.99. The summed E-state index contributed by atoms with van der Waals surface area (Å²) in [6, 6.07) is 14.4. The number of rotatable bonds is 6. The van der Waals surface area contributed by atoms with Crippen LogP contribution in [0.3, 0.4) is 0 Å². The van der Waals surface area contributed by atoms with Crippen LogP contribution in [0.4, 0.5) is 5.69 Å². The van der Waals surface area contributed by atoms with Crippen molar-refractivity contribution in [2.75, 3.05) is 11.1 Å². The third-order valence-electron chi connectivity index (χ3n) is 5.08. The first kappa shape index (κ1) is 22.0. The van der Waals surface area contributed by atoms with Gasteiger partial charge < -0.3 is 5.32 Å². The van der Waals surface area contributed by atoms with Gasteiger partial charge in [0.1, 0.15) is 4.70 Å². The number of ketones is 1. The Morgan fingerprint density at radius 1 is 1.09 bits per heavy atom. The molecule has 0 radical (unpaired) electrons. The van der Waals surface area contributed by atoms with Gasteiger partial charge in [-0.15, -0.1) is 11.3 Å². The number of amides is 1. The minimum absolute atomic E-state index is 0.0667. The highest BCUT2D eigenvalue weighted by Gasteiger charge is 2.16. The second-order valence-corrected chi connectivity index (χ2v) is 9.27. The van der Waals surface area contributed by atoms with E-state index in [0.717, 1.165) is 16.8 Å². The van der Waals surface area contributed by atoms with E-state index in [9.17, 15) is 14.4 Å². The molecule has 162 valence electrons. The predicted octanol–water partition coefficient (Wildman–Crippen LogP) is 5.00. The number of thioether (sulfide) groups is 1. The number of hydrogen-bond donors (Lipinski definition) is 1. The van der Waals surface area contributed by atoms with Crippen molar-refractivity contribution < 1.29 is 9.59 Å². The highest BCUT2D eigenvalue weighted by atomic mass is 32.2. The molecule has 2 heterocycles. The number of nitrogens with zero attached hydrogens (tertiary/aromatic N) is 2. The van der Waals surface area contributed by atoms with Gasteiger partial charge in [-0.1, -0.05) is 30.0 Å². The molecule has 0 saturated carbocycles. The number of thiophene rings is 1. The monoisotopic (exact) mass is 463 g/mol. The molecule has 0 unspecified atom stereocenters. The molecule has 0 spiro atoms. The first-order valence-corrected chi connectivity index (χ1v) is 11.8. The third-order valence-corrected chi connectivity index (χ3v) is 6.91. The Hall–Kier alpha value is -3.23. The van der Waals surface area contributed by atoms with Gasteiger partial charge in [0.25, 0.3) is 5.56 Å². The number of nitrogens with one attached hydrogen (secondary N) is 1. The highest BCUT2D eigenvalue weighted by Crippen LogP contribution is 2.25. The van der Waals surface area contributed by atoms with Gasteiger partial charge in [0.15, 0.2) is 10.9 Å². The number of benzene rings is 2. The molecule has 0 saturated heterocycles. The predicted molar refractivity (Wildman–Crippen MR) is 130 cm³/mol. The first-order chi connectivity index (χ1) is 15.3.